The summed E-state index contributed by atoms with van der Waals surface area (Å²) in [5.41, 5.74) is 4.07. The van der Waals surface area contributed by atoms with Crippen LogP contribution in [0.2, 0.25) is 0 Å². The van der Waals surface area contributed by atoms with Gasteiger partial charge in [-0.3, -0.25) is 4.79 Å². The van der Waals surface area contributed by atoms with E-state index in [1.54, 1.807) is 0 Å². The summed E-state index contributed by atoms with van der Waals surface area (Å²) in [5, 5.41) is 0.503. The number of benzene rings is 1. The summed E-state index contributed by atoms with van der Waals surface area (Å²) < 4.78 is 0. The SMILES string of the molecule is C=C(c1ccc(C2CCCCC2)cc1)C(C)[S+]1CCC(=O)CC1. The normalized spacial score (nSPS) is 22.0. The Labute approximate surface area is 143 Å². The van der Waals surface area contributed by atoms with Crippen molar-refractivity contribution in [2.24, 2.45) is 0 Å². The fraction of sp³-hybridized carbons (Fsp3) is 0.571. The van der Waals surface area contributed by atoms with Gasteiger partial charge in [0.2, 0.25) is 0 Å². The molecule has 124 valence electrons. The van der Waals surface area contributed by atoms with E-state index in [2.05, 4.69) is 37.8 Å². The molecular weight excluding hydrogens is 300 g/mol. The Morgan fingerprint density at radius 1 is 1.09 bits per heavy atom. The van der Waals surface area contributed by atoms with E-state index in [4.69, 9.17) is 0 Å². The molecule has 0 amide bonds. The molecule has 0 aromatic heterocycles. The van der Waals surface area contributed by atoms with Gasteiger partial charge in [-0.1, -0.05) is 50.1 Å². The van der Waals surface area contributed by atoms with Gasteiger partial charge in [0, 0.05) is 5.57 Å². The fourth-order valence-corrected chi connectivity index (χ4v) is 6.34. The highest BCUT2D eigenvalue weighted by Gasteiger charge is 2.33. The van der Waals surface area contributed by atoms with Crippen molar-refractivity contribution in [2.75, 3.05) is 11.5 Å². The van der Waals surface area contributed by atoms with Crippen molar-refractivity contribution in [3.63, 3.8) is 0 Å². The summed E-state index contributed by atoms with van der Waals surface area (Å²) in [4.78, 5) is 11.4. The standard InChI is InChI=1S/C21H29OS/c1-16(17(2)23-14-12-21(22)13-15-23)18-8-10-20(11-9-18)19-6-4-3-5-7-19/h8-11,17,19H,1,3-7,12-15H2,2H3/q+1. The van der Waals surface area contributed by atoms with Gasteiger partial charge in [-0.15, -0.1) is 0 Å². The Kier molecular flexibility index (Phi) is 5.63. The second-order valence-corrected chi connectivity index (χ2v) is 9.71. The lowest BCUT2D eigenvalue weighted by Gasteiger charge is -2.23. The van der Waals surface area contributed by atoms with Gasteiger partial charge in [0.25, 0.3) is 0 Å². The zero-order valence-corrected chi connectivity index (χ0v) is 15.2. The molecule has 0 radical (unpaired) electrons. The molecule has 1 aromatic carbocycles. The van der Waals surface area contributed by atoms with Gasteiger partial charge < -0.3 is 0 Å². The zero-order chi connectivity index (χ0) is 16.2. The first-order valence-electron chi connectivity index (χ1n) is 9.12. The average Bonchev–Trinajstić information content (AvgIpc) is 2.62. The average molecular weight is 330 g/mol. The van der Waals surface area contributed by atoms with Gasteiger partial charge in [-0.05, 0) is 47.7 Å². The third-order valence-electron chi connectivity index (χ3n) is 5.63. The largest absolute Gasteiger partial charge is 0.299 e. The molecule has 1 atom stereocenters. The van der Waals surface area contributed by atoms with Crippen LogP contribution in [-0.2, 0) is 15.7 Å². The smallest absolute Gasteiger partial charge is 0.142 e. The molecule has 1 saturated carbocycles. The van der Waals surface area contributed by atoms with Crippen LogP contribution < -0.4 is 0 Å². The second-order valence-electron chi connectivity index (χ2n) is 7.11. The molecule has 2 aliphatic rings. The maximum atomic E-state index is 11.4. The van der Waals surface area contributed by atoms with Crippen LogP contribution in [0.3, 0.4) is 0 Å². The lowest BCUT2D eigenvalue weighted by molar-refractivity contribution is -0.118. The number of carbonyl (C=O) groups is 1. The van der Waals surface area contributed by atoms with Crippen molar-refractivity contribution < 1.29 is 4.79 Å². The van der Waals surface area contributed by atoms with Crippen LogP contribution in [0.15, 0.2) is 30.8 Å². The van der Waals surface area contributed by atoms with E-state index in [0.717, 1.165) is 30.3 Å². The number of hydrogen-bond donors (Lipinski definition) is 0. The molecule has 1 unspecified atom stereocenters. The van der Waals surface area contributed by atoms with Crippen molar-refractivity contribution in [3.05, 3.63) is 42.0 Å². The number of carbonyl (C=O) groups excluding carboxylic acids is 1. The molecule has 1 aliphatic carbocycles. The maximum absolute atomic E-state index is 11.4. The molecule has 0 spiro atoms. The third kappa shape index (κ3) is 4.09. The molecule has 1 heterocycles. The Morgan fingerprint density at radius 3 is 2.30 bits per heavy atom. The van der Waals surface area contributed by atoms with E-state index >= 15 is 0 Å². The van der Waals surface area contributed by atoms with Crippen LogP contribution in [-0.4, -0.2) is 22.5 Å². The molecule has 23 heavy (non-hydrogen) atoms. The predicted octanol–water partition coefficient (Wildman–Crippen LogP) is 5.12. The van der Waals surface area contributed by atoms with Crippen LogP contribution in [0.1, 0.15) is 68.9 Å². The number of hydrogen-bond acceptors (Lipinski definition) is 1. The van der Waals surface area contributed by atoms with E-state index in [1.807, 2.05) is 0 Å². The summed E-state index contributed by atoms with van der Waals surface area (Å²) in [6, 6.07) is 9.22. The Bertz CT molecular complexity index is 544. The Hall–Kier alpha value is -1.02. The monoisotopic (exact) mass is 329 g/mol. The highest BCUT2D eigenvalue weighted by atomic mass is 32.2. The first-order valence-corrected chi connectivity index (χ1v) is 10.7. The molecule has 1 nitrogen and oxygen atoms in total. The van der Waals surface area contributed by atoms with Gasteiger partial charge >= 0.3 is 0 Å². The molecule has 0 N–H and O–H groups in total. The van der Waals surface area contributed by atoms with Crippen LogP contribution in [0.5, 0.6) is 0 Å². The first kappa shape index (κ1) is 16.8. The van der Waals surface area contributed by atoms with E-state index in [1.165, 1.54) is 48.8 Å². The van der Waals surface area contributed by atoms with Crippen molar-refractivity contribution in [1.82, 2.24) is 0 Å². The Morgan fingerprint density at radius 2 is 1.70 bits per heavy atom. The molecular formula is C21H29OS+. The van der Waals surface area contributed by atoms with Crippen molar-refractivity contribution >= 4 is 22.3 Å². The predicted molar refractivity (Wildman–Crippen MR) is 102 cm³/mol. The molecule has 1 aliphatic heterocycles. The van der Waals surface area contributed by atoms with Gasteiger partial charge in [-0.2, -0.15) is 0 Å². The molecule has 0 bridgehead atoms. The van der Waals surface area contributed by atoms with Gasteiger partial charge in [0.1, 0.15) is 22.5 Å². The van der Waals surface area contributed by atoms with E-state index < -0.39 is 0 Å². The summed E-state index contributed by atoms with van der Waals surface area (Å²) >= 11 is 0. The number of Topliss-reactive ketones (excluding diaryl/α,β-unsaturated/α-hetero) is 1. The summed E-state index contributed by atoms with van der Waals surface area (Å²) in [7, 11) is 0.329. The Balaban J connectivity index is 1.63. The maximum Gasteiger partial charge on any atom is 0.142 e. The minimum Gasteiger partial charge on any atom is -0.299 e. The van der Waals surface area contributed by atoms with Crippen LogP contribution >= 0.6 is 0 Å². The number of rotatable bonds is 4. The van der Waals surface area contributed by atoms with E-state index in [-0.39, 0.29) is 0 Å². The van der Waals surface area contributed by atoms with Crippen molar-refractivity contribution in [3.8, 4) is 0 Å². The van der Waals surface area contributed by atoms with Crippen LogP contribution in [0, 0.1) is 0 Å². The van der Waals surface area contributed by atoms with Crippen LogP contribution in [0.4, 0.5) is 0 Å². The van der Waals surface area contributed by atoms with E-state index in [0.29, 0.717) is 21.9 Å². The lowest BCUT2D eigenvalue weighted by atomic mass is 9.83. The van der Waals surface area contributed by atoms with Crippen molar-refractivity contribution in [2.45, 2.75) is 63.0 Å². The molecule has 1 saturated heterocycles. The first-order chi connectivity index (χ1) is 11.1. The summed E-state index contributed by atoms with van der Waals surface area (Å²) in [6.45, 7) is 6.69. The van der Waals surface area contributed by atoms with Gasteiger partial charge in [0.05, 0.1) is 12.8 Å². The lowest BCUT2D eigenvalue weighted by Crippen LogP contribution is -2.32. The second kappa shape index (κ2) is 7.70. The summed E-state index contributed by atoms with van der Waals surface area (Å²) in [5.74, 6) is 3.36. The fourth-order valence-electron chi connectivity index (χ4n) is 3.91. The third-order valence-corrected chi connectivity index (χ3v) is 8.38. The molecule has 3 rings (SSSR count). The minimum absolute atomic E-state index is 0.329. The topological polar surface area (TPSA) is 17.1 Å². The highest BCUT2D eigenvalue weighted by molar-refractivity contribution is 7.98. The zero-order valence-electron chi connectivity index (χ0n) is 14.4. The number of ketones is 1. The van der Waals surface area contributed by atoms with Crippen molar-refractivity contribution in [1.29, 1.82) is 0 Å². The van der Waals surface area contributed by atoms with Gasteiger partial charge in [0.15, 0.2) is 0 Å². The van der Waals surface area contributed by atoms with Gasteiger partial charge in [-0.25, -0.2) is 0 Å². The van der Waals surface area contributed by atoms with E-state index in [9.17, 15) is 4.79 Å². The molecule has 1 aromatic rings. The highest BCUT2D eigenvalue weighted by Crippen LogP contribution is 2.34. The quantitative estimate of drug-likeness (QED) is 0.701. The summed E-state index contributed by atoms with van der Waals surface area (Å²) in [6.07, 6.45) is 8.45. The molecule has 2 heteroatoms. The van der Waals surface area contributed by atoms with Crippen LogP contribution in [0.25, 0.3) is 5.57 Å². The molecule has 2 fully saturated rings. The minimum atomic E-state index is 0.329.